The summed E-state index contributed by atoms with van der Waals surface area (Å²) in [6.45, 7) is 2.12. The molecule has 2 N–H and O–H groups in total. The molecule has 0 atom stereocenters. The molecule has 0 radical (unpaired) electrons. The van der Waals surface area contributed by atoms with E-state index in [9.17, 15) is 4.79 Å². The third kappa shape index (κ3) is 4.94. The lowest BCUT2D eigenvalue weighted by molar-refractivity contribution is 0.0526. The minimum atomic E-state index is -0.342. The predicted molar refractivity (Wildman–Crippen MR) is 104 cm³/mol. The topological polar surface area (TPSA) is 85.4 Å². The first-order valence-corrected chi connectivity index (χ1v) is 8.46. The van der Waals surface area contributed by atoms with Crippen LogP contribution in [-0.4, -0.2) is 29.7 Å². The normalized spacial score (nSPS) is 10.1. The molecule has 0 aliphatic carbocycles. The smallest absolute Gasteiger partial charge is 0.338 e. The number of hydrogen-bond acceptors (Lipinski definition) is 7. The van der Waals surface area contributed by atoms with Crippen LogP contribution in [0.3, 0.4) is 0 Å². The van der Waals surface area contributed by atoms with Crippen molar-refractivity contribution < 1.29 is 14.3 Å². The number of carbonyl (C=O) groups is 1. The molecule has 1 aromatic heterocycles. The number of benzene rings is 2. The van der Waals surface area contributed by atoms with Crippen molar-refractivity contribution in [3.05, 3.63) is 66.4 Å². The highest BCUT2D eigenvalue weighted by Crippen LogP contribution is 2.20. The number of nitrogens with one attached hydrogen (secondary N) is 2. The molecule has 138 valence electrons. The summed E-state index contributed by atoms with van der Waals surface area (Å²) < 4.78 is 10.1. The Hall–Kier alpha value is -3.61. The van der Waals surface area contributed by atoms with Crippen LogP contribution in [0.25, 0.3) is 0 Å². The number of rotatable bonds is 7. The highest BCUT2D eigenvalue weighted by molar-refractivity contribution is 5.89. The monoisotopic (exact) mass is 364 g/mol. The van der Waals surface area contributed by atoms with Gasteiger partial charge in [-0.25, -0.2) is 9.78 Å². The summed E-state index contributed by atoms with van der Waals surface area (Å²) in [6, 6.07) is 16.3. The Balaban J connectivity index is 1.67. The van der Waals surface area contributed by atoms with Crippen molar-refractivity contribution in [2.75, 3.05) is 24.4 Å². The van der Waals surface area contributed by atoms with Crippen molar-refractivity contribution in [3.63, 3.8) is 0 Å². The minimum absolute atomic E-state index is 0.342. The fraction of sp³-hybridized carbons (Fsp3) is 0.150. The van der Waals surface area contributed by atoms with E-state index in [2.05, 4.69) is 20.6 Å². The van der Waals surface area contributed by atoms with Gasteiger partial charge in [-0.15, -0.1) is 0 Å². The SMILES string of the molecule is CCOC(=O)c1ccc(Nc2nccc(Nc3ccc(OC)cc3)n2)cc1. The lowest BCUT2D eigenvalue weighted by Gasteiger charge is -2.09. The third-order valence-corrected chi connectivity index (χ3v) is 3.67. The molecule has 0 amide bonds. The van der Waals surface area contributed by atoms with Crippen molar-refractivity contribution in [3.8, 4) is 5.75 Å². The molecule has 3 aromatic rings. The zero-order valence-electron chi connectivity index (χ0n) is 15.1. The van der Waals surface area contributed by atoms with Crippen LogP contribution >= 0.6 is 0 Å². The lowest BCUT2D eigenvalue weighted by Crippen LogP contribution is -2.04. The van der Waals surface area contributed by atoms with E-state index in [1.807, 2.05) is 24.3 Å². The van der Waals surface area contributed by atoms with Crippen LogP contribution in [0.1, 0.15) is 17.3 Å². The van der Waals surface area contributed by atoms with E-state index in [0.717, 1.165) is 17.1 Å². The second kappa shape index (κ2) is 8.66. The highest BCUT2D eigenvalue weighted by atomic mass is 16.5. The van der Waals surface area contributed by atoms with E-state index in [1.165, 1.54) is 0 Å². The van der Waals surface area contributed by atoms with Crippen molar-refractivity contribution in [1.82, 2.24) is 9.97 Å². The summed E-state index contributed by atoms with van der Waals surface area (Å²) in [5, 5.41) is 6.32. The molecule has 0 spiro atoms. The highest BCUT2D eigenvalue weighted by Gasteiger charge is 2.06. The first-order chi connectivity index (χ1) is 13.2. The molecule has 3 rings (SSSR count). The van der Waals surface area contributed by atoms with Crippen LogP contribution in [0.15, 0.2) is 60.8 Å². The third-order valence-electron chi connectivity index (χ3n) is 3.67. The standard InChI is InChI=1S/C20H20N4O3/c1-3-27-19(25)14-4-6-16(7-5-14)23-20-21-13-12-18(24-20)22-15-8-10-17(26-2)11-9-15/h4-13H,3H2,1-2H3,(H2,21,22,23,24). The van der Waals surface area contributed by atoms with Gasteiger partial charge in [-0.05, 0) is 61.5 Å². The van der Waals surface area contributed by atoms with Crippen LogP contribution < -0.4 is 15.4 Å². The Morgan fingerprint density at radius 3 is 2.30 bits per heavy atom. The zero-order chi connectivity index (χ0) is 19.1. The molecule has 7 heteroatoms. The van der Waals surface area contributed by atoms with Crippen LogP contribution in [0.5, 0.6) is 5.75 Å². The Kier molecular flexibility index (Phi) is 5.84. The summed E-state index contributed by atoms with van der Waals surface area (Å²) in [6.07, 6.45) is 1.66. The van der Waals surface area contributed by atoms with Gasteiger partial charge in [-0.2, -0.15) is 4.98 Å². The molecule has 1 heterocycles. The van der Waals surface area contributed by atoms with Gasteiger partial charge in [0.1, 0.15) is 11.6 Å². The maximum Gasteiger partial charge on any atom is 0.338 e. The molecule has 2 aromatic carbocycles. The van der Waals surface area contributed by atoms with Crippen LogP contribution in [0, 0.1) is 0 Å². The Bertz CT molecular complexity index is 896. The minimum Gasteiger partial charge on any atom is -0.497 e. The van der Waals surface area contributed by atoms with Crippen molar-refractivity contribution in [2.45, 2.75) is 6.92 Å². The molecule has 0 aliphatic rings. The second-order valence-corrected chi connectivity index (χ2v) is 5.54. The molecule has 0 unspecified atom stereocenters. The quantitative estimate of drug-likeness (QED) is 0.609. The molecule has 0 fully saturated rings. The summed E-state index contributed by atoms with van der Waals surface area (Å²) in [7, 11) is 1.63. The van der Waals surface area contributed by atoms with Gasteiger partial charge >= 0.3 is 5.97 Å². The Labute approximate surface area is 157 Å². The first kappa shape index (κ1) is 18.2. The van der Waals surface area contributed by atoms with Crippen molar-refractivity contribution in [1.29, 1.82) is 0 Å². The number of anilines is 4. The first-order valence-electron chi connectivity index (χ1n) is 8.46. The van der Waals surface area contributed by atoms with Gasteiger partial charge in [0.25, 0.3) is 0 Å². The summed E-state index contributed by atoms with van der Waals surface area (Å²) in [4.78, 5) is 20.3. The number of carbonyl (C=O) groups excluding carboxylic acids is 1. The maximum atomic E-state index is 11.7. The predicted octanol–water partition coefficient (Wildman–Crippen LogP) is 4.15. The molecule has 27 heavy (non-hydrogen) atoms. The van der Waals surface area contributed by atoms with E-state index >= 15 is 0 Å². The number of methoxy groups -OCH3 is 1. The fourth-order valence-electron chi connectivity index (χ4n) is 2.34. The molecule has 7 nitrogen and oxygen atoms in total. The van der Waals surface area contributed by atoms with Crippen molar-refractivity contribution in [2.24, 2.45) is 0 Å². The van der Waals surface area contributed by atoms with Crippen molar-refractivity contribution >= 4 is 29.1 Å². The lowest BCUT2D eigenvalue weighted by atomic mass is 10.2. The number of esters is 1. The number of nitrogens with zero attached hydrogens (tertiary/aromatic N) is 2. The average molecular weight is 364 g/mol. The molecular formula is C20H20N4O3. The van der Waals surface area contributed by atoms with Gasteiger partial charge in [-0.1, -0.05) is 0 Å². The van der Waals surface area contributed by atoms with E-state index < -0.39 is 0 Å². The van der Waals surface area contributed by atoms with Gasteiger partial charge < -0.3 is 20.1 Å². The van der Waals surface area contributed by atoms with Crippen LogP contribution in [0.4, 0.5) is 23.1 Å². The van der Waals surface area contributed by atoms with Crippen LogP contribution in [0.2, 0.25) is 0 Å². The molecule has 0 saturated heterocycles. The molecule has 0 bridgehead atoms. The summed E-state index contributed by atoms with van der Waals surface area (Å²) in [5.74, 6) is 1.54. The maximum absolute atomic E-state index is 11.7. The van der Waals surface area contributed by atoms with Gasteiger partial charge in [0, 0.05) is 17.6 Å². The van der Waals surface area contributed by atoms with Gasteiger partial charge in [-0.3, -0.25) is 0 Å². The Morgan fingerprint density at radius 2 is 1.63 bits per heavy atom. The number of hydrogen-bond donors (Lipinski definition) is 2. The van der Waals surface area contributed by atoms with Gasteiger partial charge in [0.2, 0.25) is 5.95 Å². The molecule has 0 aliphatic heterocycles. The van der Waals surface area contributed by atoms with E-state index in [1.54, 1.807) is 50.6 Å². The van der Waals surface area contributed by atoms with E-state index in [4.69, 9.17) is 9.47 Å². The van der Waals surface area contributed by atoms with Crippen LogP contribution in [-0.2, 0) is 4.74 Å². The second-order valence-electron chi connectivity index (χ2n) is 5.54. The summed E-state index contributed by atoms with van der Waals surface area (Å²) in [5.41, 5.74) is 2.15. The average Bonchev–Trinajstić information content (AvgIpc) is 2.70. The fourth-order valence-corrected chi connectivity index (χ4v) is 2.34. The number of aromatic nitrogens is 2. The van der Waals surface area contributed by atoms with E-state index in [-0.39, 0.29) is 5.97 Å². The van der Waals surface area contributed by atoms with Gasteiger partial charge in [0.05, 0.1) is 19.3 Å². The largest absolute Gasteiger partial charge is 0.497 e. The summed E-state index contributed by atoms with van der Waals surface area (Å²) >= 11 is 0. The zero-order valence-corrected chi connectivity index (χ0v) is 15.1. The Morgan fingerprint density at radius 1 is 0.963 bits per heavy atom. The molecule has 0 saturated carbocycles. The van der Waals surface area contributed by atoms with E-state index in [0.29, 0.717) is 23.9 Å². The van der Waals surface area contributed by atoms with Gasteiger partial charge in [0.15, 0.2) is 0 Å². The molecular weight excluding hydrogens is 344 g/mol. The number of ether oxygens (including phenoxy) is 2.